The van der Waals surface area contributed by atoms with Gasteiger partial charge in [-0.1, -0.05) is 40.2 Å². The summed E-state index contributed by atoms with van der Waals surface area (Å²) in [5.74, 6) is 0. The molecule has 0 amide bonds. The molecule has 0 saturated carbocycles. The van der Waals surface area contributed by atoms with Gasteiger partial charge in [-0.15, -0.1) is 0 Å². The van der Waals surface area contributed by atoms with Crippen molar-refractivity contribution in [2.75, 3.05) is 19.5 Å². The van der Waals surface area contributed by atoms with E-state index in [0.29, 0.717) is 5.56 Å². The second kappa shape index (κ2) is 11.1. The number of hydrogen-bond acceptors (Lipinski definition) is 6. The molecule has 0 saturated heterocycles. The topological polar surface area (TPSA) is 96.6 Å². The van der Waals surface area contributed by atoms with Crippen LogP contribution in [-0.4, -0.2) is 37.0 Å². The molecule has 0 aliphatic rings. The Hall–Kier alpha value is -2.11. The van der Waals surface area contributed by atoms with Gasteiger partial charge >= 0.3 is 18.9 Å². The van der Waals surface area contributed by atoms with Crippen LogP contribution in [-0.2, 0) is 42.2 Å². The number of nitrogens with zero attached hydrogens (tertiary/aromatic N) is 2. The molecular formula is C23H26BrF2N2O6PS. The number of hydrogen-bond donors (Lipinski definition) is 0. The predicted molar refractivity (Wildman–Crippen MR) is 135 cm³/mol. The van der Waals surface area contributed by atoms with Crippen molar-refractivity contribution in [3.63, 3.8) is 0 Å². The number of halogens is 3. The molecule has 1 heterocycles. The number of imidazole rings is 1. The Labute approximate surface area is 216 Å². The minimum Gasteiger partial charge on any atom is -0.304 e. The van der Waals surface area contributed by atoms with E-state index in [9.17, 15) is 17.8 Å². The molecule has 0 aliphatic heterocycles. The van der Waals surface area contributed by atoms with E-state index in [1.807, 2.05) is 0 Å². The number of benzene rings is 2. The van der Waals surface area contributed by atoms with Gasteiger partial charge < -0.3 is 9.05 Å². The summed E-state index contributed by atoms with van der Waals surface area (Å²) in [6, 6.07) is 10.2. The van der Waals surface area contributed by atoms with Gasteiger partial charge in [-0.2, -0.15) is 8.78 Å². The lowest BCUT2D eigenvalue weighted by Gasteiger charge is -2.26. The summed E-state index contributed by atoms with van der Waals surface area (Å²) >= 11 is 3.13. The largest absolute Gasteiger partial charge is 0.404 e. The molecule has 0 radical (unpaired) electrons. The molecule has 0 unspecified atom stereocenters. The van der Waals surface area contributed by atoms with Gasteiger partial charge in [-0.25, -0.2) is 13.2 Å². The predicted octanol–water partition coefficient (Wildman–Crippen LogP) is 5.23. The summed E-state index contributed by atoms with van der Waals surface area (Å²) in [4.78, 5) is 13.0. The third-order valence-electron chi connectivity index (χ3n) is 5.27. The zero-order chi connectivity index (χ0) is 26.7. The standard InChI is InChI=1S/C23H26BrF2N2O6PS/c1-4-33-35(30,34-5-2)23(25,26)20-11-8-18(14-21(20)24)16-28-13-12-27(22(28)29)15-17-6-9-19(10-7-17)36(3,31)32/h6-14H,4-5,15-16H2,1-3H3. The van der Waals surface area contributed by atoms with Crippen LogP contribution in [0, 0.1) is 0 Å². The van der Waals surface area contributed by atoms with Crippen LogP contribution in [0.15, 0.2) is 69.0 Å². The van der Waals surface area contributed by atoms with Crippen LogP contribution in [0.5, 0.6) is 0 Å². The smallest absolute Gasteiger partial charge is 0.304 e. The summed E-state index contributed by atoms with van der Waals surface area (Å²) in [6.45, 7) is 2.84. The van der Waals surface area contributed by atoms with Crippen molar-refractivity contribution >= 4 is 33.4 Å². The van der Waals surface area contributed by atoms with E-state index in [0.717, 1.165) is 17.9 Å². The number of sulfone groups is 1. The average Bonchev–Trinajstić information content (AvgIpc) is 3.12. The molecular weight excluding hydrogens is 581 g/mol. The first-order chi connectivity index (χ1) is 16.8. The fourth-order valence-electron chi connectivity index (χ4n) is 3.52. The Bertz CT molecular complexity index is 1430. The SMILES string of the molecule is CCOP(=O)(OCC)C(F)(F)c1ccc(Cn2ccn(Cc3ccc(S(C)(=O)=O)cc3)c2=O)cc1Br. The first-order valence-corrected chi connectivity index (χ1v) is 15.2. The van der Waals surface area contributed by atoms with Crippen LogP contribution in [0.3, 0.4) is 0 Å². The monoisotopic (exact) mass is 606 g/mol. The summed E-state index contributed by atoms with van der Waals surface area (Å²) < 4.78 is 78.8. The maximum absolute atomic E-state index is 15.1. The molecule has 0 spiro atoms. The van der Waals surface area contributed by atoms with Crippen molar-refractivity contribution in [3.05, 3.63) is 86.5 Å². The van der Waals surface area contributed by atoms with E-state index in [1.165, 1.54) is 47.2 Å². The minimum absolute atomic E-state index is 0.00285. The molecule has 36 heavy (non-hydrogen) atoms. The van der Waals surface area contributed by atoms with Gasteiger partial charge in [0.2, 0.25) is 0 Å². The lowest BCUT2D eigenvalue weighted by Crippen LogP contribution is -2.25. The highest BCUT2D eigenvalue weighted by molar-refractivity contribution is 9.10. The van der Waals surface area contributed by atoms with Gasteiger partial charge in [-0.3, -0.25) is 13.7 Å². The van der Waals surface area contributed by atoms with Crippen molar-refractivity contribution in [1.29, 1.82) is 0 Å². The fraction of sp³-hybridized carbons (Fsp3) is 0.348. The molecule has 0 N–H and O–H groups in total. The van der Waals surface area contributed by atoms with Crippen LogP contribution in [0.4, 0.5) is 8.78 Å². The lowest BCUT2D eigenvalue weighted by atomic mass is 10.1. The van der Waals surface area contributed by atoms with Gasteiger partial charge in [-0.05, 0) is 43.2 Å². The first-order valence-electron chi connectivity index (χ1n) is 10.9. The van der Waals surface area contributed by atoms with E-state index in [1.54, 1.807) is 24.5 Å². The van der Waals surface area contributed by atoms with Gasteiger partial charge in [0, 0.05) is 28.7 Å². The van der Waals surface area contributed by atoms with Crippen LogP contribution < -0.4 is 5.69 Å². The highest BCUT2D eigenvalue weighted by Gasteiger charge is 2.55. The van der Waals surface area contributed by atoms with E-state index in [2.05, 4.69) is 15.9 Å². The Balaban J connectivity index is 1.81. The average molecular weight is 607 g/mol. The van der Waals surface area contributed by atoms with Crippen LogP contribution in [0.25, 0.3) is 0 Å². The van der Waals surface area contributed by atoms with E-state index in [-0.39, 0.29) is 41.4 Å². The zero-order valence-corrected chi connectivity index (χ0v) is 23.2. The number of rotatable bonds is 11. The van der Waals surface area contributed by atoms with E-state index in [4.69, 9.17) is 9.05 Å². The number of aromatic nitrogens is 2. The lowest BCUT2D eigenvalue weighted by molar-refractivity contribution is 0.0354. The molecule has 8 nitrogen and oxygen atoms in total. The normalized spacial score (nSPS) is 12.7. The van der Waals surface area contributed by atoms with Crippen LogP contribution in [0.1, 0.15) is 30.5 Å². The number of alkyl halides is 2. The molecule has 3 rings (SSSR count). The quantitative estimate of drug-likeness (QED) is 0.277. The highest BCUT2D eigenvalue weighted by atomic mass is 79.9. The second-order valence-electron chi connectivity index (χ2n) is 7.94. The molecule has 0 bridgehead atoms. The van der Waals surface area contributed by atoms with Gasteiger partial charge in [0.1, 0.15) is 0 Å². The summed E-state index contributed by atoms with van der Waals surface area (Å²) in [5.41, 5.74) is -3.46. The Morgan fingerprint density at radius 3 is 1.92 bits per heavy atom. The third kappa shape index (κ3) is 6.06. The van der Waals surface area contributed by atoms with Gasteiger partial charge in [0.25, 0.3) is 0 Å². The van der Waals surface area contributed by atoms with Crippen molar-refractivity contribution in [1.82, 2.24) is 9.13 Å². The molecule has 1 aromatic heterocycles. The van der Waals surface area contributed by atoms with E-state index >= 15 is 8.78 Å². The van der Waals surface area contributed by atoms with Crippen molar-refractivity contribution in [2.24, 2.45) is 0 Å². The Morgan fingerprint density at radius 2 is 1.44 bits per heavy atom. The summed E-state index contributed by atoms with van der Waals surface area (Å²) in [5, 5.41) is 0. The molecule has 3 aromatic rings. The first kappa shape index (κ1) is 28.5. The van der Waals surface area contributed by atoms with E-state index < -0.39 is 28.7 Å². The maximum atomic E-state index is 15.1. The third-order valence-corrected chi connectivity index (χ3v) is 9.18. The van der Waals surface area contributed by atoms with Crippen LogP contribution in [0.2, 0.25) is 0 Å². The maximum Gasteiger partial charge on any atom is 0.404 e. The Morgan fingerprint density at radius 1 is 0.944 bits per heavy atom. The van der Waals surface area contributed by atoms with Gasteiger partial charge in [0.05, 0.1) is 31.2 Å². The Kier molecular flexibility index (Phi) is 8.78. The van der Waals surface area contributed by atoms with Gasteiger partial charge in [0.15, 0.2) is 9.84 Å². The molecule has 0 aliphatic carbocycles. The van der Waals surface area contributed by atoms with Crippen molar-refractivity contribution in [2.45, 2.75) is 37.5 Å². The van der Waals surface area contributed by atoms with Crippen molar-refractivity contribution < 1.29 is 30.8 Å². The summed E-state index contributed by atoms with van der Waals surface area (Å²) in [6.07, 6.45) is 4.28. The fourth-order valence-corrected chi connectivity index (χ4v) is 6.54. The second-order valence-corrected chi connectivity index (χ2v) is 12.9. The van der Waals surface area contributed by atoms with Crippen LogP contribution >= 0.6 is 23.5 Å². The molecule has 13 heteroatoms. The molecule has 0 fully saturated rings. The molecule has 0 atom stereocenters. The summed E-state index contributed by atoms with van der Waals surface area (Å²) in [7, 11) is -8.07. The molecule has 2 aromatic carbocycles. The minimum atomic E-state index is -4.76. The molecule has 196 valence electrons. The zero-order valence-electron chi connectivity index (χ0n) is 19.9. The van der Waals surface area contributed by atoms with Crippen molar-refractivity contribution in [3.8, 4) is 0 Å². The highest BCUT2D eigenvalue weighted by Crippen LogP contribution is 2.67.